The molecule has 0 aliphatic carbocycles. The number of sulfonamides is 1. The first kappa shape index (κ1) is 24.7. The SMILES string of the molecule is Cc1nc(S(=O)(=O)N2CCC(C(=O)NNC(=O)C(C)Oc3ccc4ccccc4c3)CC2)cn1C. The van der Waals surface area contributed by atoms with Crippen molar-refractivity contribution in [3.8, 4) is 5.75 Å². The minimum Gasteiger partial charge on any atom is -0.481 e. The van der Waals surface area contributed by atoms with Crippen molar-refractivity contribution in [2.45, 2.75) is 37.8 Å². The van der Waals surface area contributed by atoms with Gasteiger partial charge in [0.25, 0.3) is 15.9 Å². The molecule has 0 saturated carbocycles. The molecule has 0 spiro atoms. The fraction of sp³-hybridized carbons (Fsp3) is 0.375. The lowest BCUT2D eigenvalue weighted by atomic mass is 9.98. The van der Waals surface area contributed by atoms with Gasteiger partial charge in [0, 0.05) is 32.3 Å². The van der Waals surface area contributed by atoms with Crippen LogP contribution >= 0.6 is 0 Å². The number of nitrogens with zero attached hydrogens (tertiary/aromatic N) is 3. The van der Waals surface area contributed by atoms with E-state index >= 15 is 0 Å². The highest BCUT2D eigenvalue weighted by molar-refractivity contribution is 7.89. The van der Waals surface area contributed by atoms with Crippen LogP contribution in [0.3, 0.4) is 0 Å². The lowest BCUT2D eigenvalue weighted by Crippen LogP contribution is -2.51. The third-order valence-corrected chi connectivity index (χ3v) is 8.00. The first-order valence-electron chi connectivity index (χ1n) is 11.4. The van der Waals surface area contributed by atoms with E-state index in [4.69, 9.17) is 4.74 Å². The van der Waals surface area contributed by atoms with Crippen molar-refractivity contribution in [1.29, 1.82) is 0 Å². The van der Waals surface area contributed by atoms with E-state index in [1.807, 2.05) is 36.4 Å². The van der Waals surface area contributed by atoms with Crippen molar-refractivity contribution in [2.75, 3.05) is 13.1 Å². The van der Waals surface area contributed by atoms with Crippen LogP contribution < -0.4 is 15.6 Å². The topological polar surface area (TPSA) is 123 Å². The summed E-state index contributed by atoms with van der Waals surface area (Å²) in [7, 11) is -1.97. The Kier molecular flexibility index (Phi) is 7.08. The Balaban J connectivity index is 1.26. The molecule has 1 fully saturated rings. The summed E-state index contributed by atoms with van der Waals surface area (Å²) >= 11 is 0. The average molecular weight is 500 g/mol. The van der Waals surface area contributed by atoms with Gasteiger partial charge in [-0.2, -0.15) is 4.31 Å². The Morgan fingerprint density at radius 2 is 1.77 bits per heavy atom. The Morgan fingerprint density at radius 3 is 2.43 bits per heavy atom. The molecule has 1 aliphatic rings. The number of aryl methyl sites for hydroxylation is 2. The second kappa shape index (κ2) is 10.0. The maximum Gasteiger partial charge on any atom is 0.279 e. The van der Waals surface area contributed by atoms with E-state index < -0.39 is 28.0 Å². The molecule has 2 amide bonds. The van der Waals surface area contributed by atoms with Crippen LogP contribution in [0, 0.1) is 12.8 Å². The van der Waals surface area contributed by atoms with Gasteiger partial charge < -0.3 is 9.30 Å². The Morgan fingerprint density at radius 1 is 1.09 bits per heavy atom. The second-order valence-corrected chi connectivity index (χ2v) is 10.5. The van der Waals surface area contributed by atoms with Crippen LogP contribution in [0.15, 0.2) is 53.7 Å². The zero-order valence-corrected chi connectivity index (χ0v) is 20.7. The number of fused-ring (bicyclic) bond motifs is 1. The summed E-state index contributed by atoms with van der Waals surface area (Å²) in [6, 6.07) is 13.4. The number of amides is 2. The van der Waals surface area contributed by atoms with Gasteiger partial charge in [0.1, 0.15) is 11.6 Å². The quantitative estimate of drug-likeness (QED) is 0.500. The van der Waals surface area contributed by atoms with Crippen molar-refractivity contribution < 1.29 is 22.7 Å². The largest absolute Gasteiger partial charge is 0.481 e. The van der Waals surface area contributed by atoms with Crippen molar-refractivity contribution in [3.63, 3.8) is 0 Å². The molecule has 1 unspecified atom stereocenters. The summed E-state index contributed by atoms with van der Waals surface area (Å²) in [6.45, 7) is 3.73. The normalized spacial score (nSPS) is 16.1. The van der Waals surface area contributed by atoms with Gasteiger partial charge in [-0.3, -0.25) is 20.4 Å². The summed E-state index contributed by atoms with van der Waals surface area (Å²) < 4.78 is 34.4. The third-order valence-electron chi connectivity index (χ3n) is 6.23. The minimum absolute atomic E-state index is 0.00747. The van der Waals surface area contributed by atoms with Crippen molar-refractivity contribution >= 4 is 32.6 Å². The van der Waals surface area contributed by atoms with Gasteiger partial charge in [-0.05, 0) is 49.6 Å². The van der Waals surface area contributed by atoms with Crippen LogP contribution in [0.1, 0.15) is 25.6 Å². The molecule has 10 nitrogen and oxygen atoms in total. The standard InChI is InChI=1S/C24H29N5O5S/c1-16(34-21-9-8-18-6-4-5-7-20(18)14-21)23(30)26-27-24(31)19-10-12-29(13-11-19)35(32,33)22-15-28(3)17(2)25-22/h4-9,14-16,19H,10-13H2,1-3H3,(H,26,30)(H,27,31). The molecule has 0 radical (unpaired) electrons. The molecule has 3 aromatic rings. The molecule has 35 heavy (non-hydrogen) atoms. The lowest BCUT2D eigenvalue weighted by molar-refractivity contribution is -0.134. The number of rotatable bonds is 6. The predicted octanol–water partition coefficient (Wildman–Crippen LogP) is 1.90. The number of carbonyl (C=O) groups is 2. The predicted molar refractivity (Wildman–Crippen MR) is 130 cm³/mol. The highest BCUT2D eigenvalue weighted by atomic mass is 32.2. The molecular formula is C24H29N5O5S. The monoisotopic (exact) mass is 499 g/mol. The summed E-state index contributed by atoms with van der Waals surface area (Å²) in [5.74, 6) is -0.107. The van der Waals surface area contributed by atoms with E-state index in [9.17, 15) is 18.0 Å². The first-order valence-corrected chi connectivity index (χ1v) is 12.8. The van der Waals surface area contributed by atoms with Crippen molar-refractivity contribution in [2.24, 2.45) is 13.0 Å². The number of hydrogen-bond donors (Lipinski definition) is 2. The maximum absolute atomic E-state index is 12.8. The van der Waals surface area contributed by atoms with Crippen LogP contribution in [-0.4, -0.2) is 53.3 Å². The van der Waals surface area contributed by atoms with E-state index in [2.05, 4.69) is 15.8 Å². The van der Waals surface area contributed by atoms with Crippen LogP contribution in [-0.2, 0) is 26.7 Å². The number of hydrazine groups is 1. The molecule has 1 atom stereocenters. The van der Waals surface area contributed by atoms with Gasteiger partial charge in [-0.25, -0.2) is 13.4 Å². The number of ether oxygens (including phenoxy) is 1. The van der Waals surface area contributed by atoms with Crippen LogP contribution in [0.4, 0.5) is 0 Å². The molecule has 1 saturated heterocycles. The van der Waals surface area contributed by atoms with Crippen molar-refractivity contribution in [1.82, 2.24) is 24.7 Å². The average Bonchev–Trinajstić information content (AvgIpc) is 3.21. The third kappa shape index (κ3) is 5.46. The second-order valence-electron chi connectivity index (χ2n) is 8.66. The van der Waals surface area contributed by atoms with E-state index in [-0.39, 0.29) is 24.0 Å². The molecule has 4 rings (SSSR count). The summed E-state index contributed by atoms with van der Waals surface area (Å²) in [4.78, 5) is 29.1. The maximum atomic E-state index is 12.8. The van der Waals surface area contributed by atoms with Gasteiger partial charge in [-0.1, -0.05) is 30.3 Å². The number of imidazole rings is 1. The van der Waals surface area contributed by atoms with Crippen LogP contribution in [0.2, 0.25) is 0 Å². The van der Waals surface area contributed by atoms with E-state index in [1.54, 1.807) is 31.5 Å². The number of piperidine rings is 1. The molecule has 0 bridgehead atoms. The van der Waals surface area contributed by atoms with Crippen molar-refractivity contribution in [3.05, 3.63) is 54.5 Å². The lowest BCUT2D eigenvalue weighted by Gasteiger charge is -2.30. The van der Waals surface area contributed by atoms with Gasteiger partial charge in [0.2, 0.25) is 5.91 Å². The Bertz CT molecular complexity index is 1330. The number of aromatic nitrogens is 2. The number of hydrogen-bond acceptors (Lipinski definition) is 6. The summed E-state index contributed by atoms with van der Waals surface area (Å²) in [5, 5.41) is 2.07. The highest BCUT2D eigenvalue weighted by Gasteiger charge is 2.33. The minimum atomic E-state index is -3.71. The fourth-order valence-corrected chi connectivity index (χ4v) is 5.46. The number of benzene rings is 2. The molecule has 2 aromatic carbocycles. The summed E-state index contributed by atoms with van der Waals surface area (Å²) in [6.07, 6.45) is 1.34. The molecule has 1 aromatic heterocycles. The molecule has 11 heteroatoms. The Labute approximate surface area is 204 Å². The number of nitrogens with one attached hydrogen (secondary N) is 2. The molecule has 186 valence electrons. The highest BCUT2D eigenvalue weighted by Crippen LogP contribution is 2.24. The number of carbonyl (C=O) groups excluding carboxylic acids is 2. The Hall–Kier alpha value is -3.44. The van der Waals surface area contributed by atoms with Crippen LogP contribution in [0.5, 0.6) is 5.75 Å². The van der Waals surface area contributed by atoms with Gasteiger partial charge >= 0.3 is 0 Å². The van der Waals surface area contributed by atoms with Gasteiger partial charge in [-0.15, -0.1) is 0 Å². The zero-order valence-electron chi connectivity index (χ0n) is 19.9. The van der Waals surface area contributed by atoms with Crippen LogP contribution in [0.25, 0.3) is 10.8 Å². The van der Waals surface area contributed by atoms with E-state index in [1.165, 1.54) is 10.5 Å². The van der Waals surface area contributed by atoms with Gasteiger partial charge in [0.05, 0.1) is 0 Å². The first-order chi connectivity index (χ1) is 16.6. The smallest absolute Gasteiger partial charge is 0.279 e. The van der Waals surface area contributed by atoms with E-state index in [0.717, 1.165) is 10.8 Å². The molecule has 1 aliphatic heterocycles. The molecule has 2 N–H and O–H groups in total. The summed E-state index contributed by atoms with van der Waals surface area (Å²) in [5.41, 5.74) is 4.85. The zero-order chi connectivity index (χ0) is 25.2. The molecule has 2 heterocycles. The fourth-order valence-electron chi connectivity index (χ4n) is 3.97. The van der Waals surface area contributed by atoms with Gasteiger partial charge in [0.15, 0.2) is 11.1 Å². The van der Waals surface area contributed by atoms with E-state index in [0.29, 0.717) is 24.4 Å². The molecular weight excluding hydrogens is 470 g/mol.